The number of aryl methyl sites for hydroxylation is 1. The van der Waals surface area contributed by atoms with Crippen molar-refractivity contribution >= 4 is 0 Å². The number of nitrogens with zero attached hydrogens (tertiary/aromatic N) is 4. The van der Waals surface area contributed by atoms with E-state index in [9.17, 15) is 5.11 Å². The maximum absolute atomic E-state index is 9.83. The fourth-order valence-corrected chi connectivity index (χ4v) is 3.67. The van der Waals surface area contributed by atoms with Gasteiger partial charge in [0.05, 0.1) is 12.3 Å². The molecule has 1 aromatic rings. The van der Waals surface area contributed by atoms with Gasteiger partial charge in [0.2, 0.25) is 0 Å². The summed E-state index contributed by atoms with van der Waals surface area (Å²) in [5.74, 6) is 0. The third-order valence-electron chi connectivity index (χ3n) is 4.95. The van der Waals surface area contributed by atoms with Crippen molar-refractivity contribution in [1.82, 2.24) is 19.6 Å². The lowest BCUT2D eigenvalue weighted by Gasteiger charge is -2.42. The summed E-state index contributed by atoms with van der Waals surface area (Å²) >= 11 is 0. The third kappa shape index (κ3) is 2.50. The van der Waals surface area contributed by atoms with Crippen molar-refractivity contribution in [2.45, 2.75) is 58.5 Å². The monoisotopic (exact) mass is 278 g/mol. The van der Waals surface area contributed by atoms with Gasteiger partial charge in [-0.1, -0.05) is 0 Å². The van der Waals surface area contributed by atoms with E-state index in [0.717, 1.165) is 39.1 Å². The molecule has 5 nitrogen and oxygen atoms in total. The summed E-state index contributed by atoms with van der Waals surface area (Å²) in [4.78, 5) is 5.00. The van der Waals surface area contributed by atoms with Crippen LogP contribution in [0.1, 0.15) is 31.5 Å². The van der Waals surface area contributed by atoms with E-state index in [1.807, 2.05) is 6.20 Å². The molecule has 1 N–H and O–H groups in total. The Hall–Kier alpha value is -0.910. The number of rotatable bonds is 3. The van der Waals surface area contributed by atoms with E-state index in [1.54, 1.807) is 0 Å². The molecule has 3 rings (SSSR count). The average molecular weight is 278 g/mol. The Balaban J connectivity index is 1.69. The number of aliphatic hydroxyl groups is 1. The van der Waals surface area contributed by atoms with E-state index in [-0.39, 0.29) is 6.10 Å². The van der Waals surface area contributed by atoms with Crippen LogP contribution in [-0.4, -0.2) is 62.5 Å². The minimum absolute atomic E-state index is 0.128. The Morgan fingerprint density at radius 2 is 2.15 bits per heavy atom. The van der Waals surface area contributed by atoms with E-state index in [1.165, 1.54) is 11.3 Å². The maximum atomic E-state index is 9.83. The number of hydrogen-bond acceptors (Lipinski definition) is 4. The minimum atomic E-state index is -0.128. The molecule has 0 aromatic carbocycles. The van der Waals surface area contributed by atoms with Gasteiger partial charge in [0, 0.05) is 56.1 Å². The normalized spacial score (nSPS) is 31.7. The van der Waals surface area contributed by atoms with Crippen LogP contribution < -0.4 is 0 Å². The molecule has 2 aliphatic heterocycles. The molecular weight excluding hydrogens is 252 g/mol. The highest BCUT2D eigenvalue weighted by Crippen LogP contribution is 2.26. The zero-order valence-corrected chi connectivity index (χ0v) is 12.8. The highest BCUT2D eigenvalue weighted by atomic mass is 16.3. The van der Waals surface area contributed by atoms with E-state index < -0.39 is 0 Å². The molecule has 0 unspecified atom stereocenters. The summed E-state index contributed by atoms with van der Waals surface area (Å²) in [7, 11) is 0. The highest BCUT2D eigenvalue weighted by Gasteiger charge is 2.38. The first-order valence-electron chi connectivity index (χ1n) is 7.76. The Kier molecular flexibility index (Phi) is 3.84. The minimum Gasteiger partial charge on any atom is -0.392 e. The Bertz CT molecular complexity index is 472. The molecular formula is C15H26N4O. The predicted octanol–water partition coefficient (Wildman–Crippen LogP) is 0.851. The molecule has 0 aliphatic carbocycles. The second-order valence-electron chi connectivity index (χ2n) is 6.35. The fraction of sp³-hybridized carbons (Fsp3) is 0.800. The lowest BCUT2D eigenvalue weighted by Crippen LogP contribution is -2.54. The number of aliphatic hydroxyl groups excluding tert-OH is 1. The van der Waals surface area contributed by atoms with Crippen molar-refractivity contribution in [1.29, 1.82) is 0 Å². The predicted molar refractivity (Wildman–Crippen MR) is 78.5 cm³/mol. The molecule has 0 radical (unpaired) electrons. The largest absolute Gasteiger partial charge is 0.392 e. The highest BCUT2D eigenvalue weighted by molar-refractivity contribution is 5.16. The van der Waals surface area contributed by atoms with Gasteiger partial charge in [0.1, 0.15) is 0 Å². The quantitative estimate of drug-likeness (QED) is 0.890. The molecule has 5 heteroatoms. The van der Waals surface area contributed by atoms with E-state index in [2.05, 4.69) is 40.4 Å². The first-order valence-corrected chi connectivity index (χ1v) is 7.76. The summed E-state index contributed by atoms with van der Waals surface area (Å²) in [6.45, 7) is 11.5. The molecule has 3 heterocycles. The molecule has 20 heavy (non-hydrogen) atoms. The number of aromatic nitrogens is 2. The zero-order valence-electron chi connectivity index (χ0n) is 12.8. The fourth-order valence-electron chi connectivity index (χ4n) is 3.67. The summed E-state index contributed by atoms with van der Waals surface area (Å²) in [5.41, 5.74) is 2.62. The van der Waals surface area contributed by atoms with Crippen molar-refractivity contribution in [3.63, 3.8) is 0 Å². The van der Waals surface area contributed by atoms with Gasteiger partial charge < -0.3 is 5.11 Å². The van der Waals surface area contributed by atoms with Crippen LogP contribution in [-0.2, 0) is 13.1 Å². The van der Waals surface area contributed by atoms with Gasteiger partial charge in [-0.3, -0.25) is 14.5 Å². The standard InChI is InChI=1S/C15H26N4O/c1-4-19-12(3)13(6-16-19)8-17-9-14-5-15(20)10-18(14)7-11(17)2/h6,11,14-15,20H,4-5,7-10H2,1-3H3/t11-,14+,15-/m1/s1. The van der Waals surface area contributed by atoms with E-state index in [4.69, 9.17) is 0 Å². The second-order valence-corrected chi connectivity index (χ2v) is 6.35. The van der Waals surface area contributed by atoms with Gasteiger partial charge in [-0.15, -0.1) is 0 Å². The lowest BCUT2D eigenvalue weighted by molar-refractivity contribution is 0.0527. The number of piperazine rings is 1. The SMILES string of the molecule is CCn1ncc(CN2C[C@@H]3C[C@@H](O)CN3C[C@H]2C)c1C. The summed E-state index contributed by atoms with van der Waals surface area (Å²) < 4.78 is 2.07. The summed E-state index contributed by atoms with van der Waals surface area (Å²) in [6, 6.07) is 1.07. The molecule has 0 amide bonds. The Labute approximate surface area is 121 Å². The van der Waals surface area contributed by atoms with Crippen molar-refractivity contribution in [2.75, 3.05) is 19.6 Å². The van der Waals surface area contributed by atoms with Crippen LogP contribution in [0.3, 0.4) is 0 Å². The first-order chi connectivity index (χ1) is 9.58. The molecule has 2 fully saturated rings. The number of fused-ring (bicyclic) bond motifs is 1. The van der Waals surface area contributed by atoms with Gasteiger partial charge in [0.15, 0.2) is 0 Å². The van der Waals surface area contributed by atoms with Crippen molar-refractivity contribution in [2.24, 2.45) is 0 Å². The molecule has 2 saturated heterocycles. The first kappa shape index (κ1) is 14.0. The molecule has 0 saturated carbocycles. The Morgan fingerprint density at radius 3 is 2.85 bits per heavy atom. The molecule has 112 valence electrons. The number of hydrogen-bond donors (Lipinski definition) is 1. The van der Waals surface area contributed by atoms with Crippen LogP contribution >= 0.6 is 0 Å². The molecule has 0 bridgehead atoms. The van der Waals surface area contributed by atoms with Crippen LogP contribution in [0.5, 0.6) is 0 Å². The van der Waals surface area contributed by atoms with Gasteiger partial charge in [0.25, 0.3) is 0 Å². The van der Waals surface area contributed by atoms with Crippen molar-refractivity contribution in [3.8, 4) is 0 Å². The van der Waals surface area contributed by atoms with Crippen LogP contribution in [0.15, 0.2) is 6.20 Å². The van der Waals surface area contributed by atoms with Crippen molar-refractivity contribution in [3.05, 3.63) is 17.5 Å². The third-order valence-corrected chi connectivity index (χ3v) is 4.95. The molecule has 3 atom stereocenters. The van der Waals surface area contributed by atoms with Crippen LogP contribution in [0.2, 0.25) is 0 Å². The average Bonchev–Trinajstić information content (AvgIpc) is 2.93. The topological polar surface area (TPSA) is 44.5 Å². The molecule has 1 aromatic heterocycles. The summed E-state index contributed by atoms with van der Waals surface area (Å²) in [5, 5.41) is 14.3. The van der Waals surface area contributed by atoms with Gasteiger partial charge >= 0.3 is 0 Å². The lowest BCUT2D eigenvalue weighted by atomic mass is 10.1. The van der Waals surface area contributed by atoms with Gasteiger partial charge in [-0.25, -0.2) is 0 Å². The molecule has 2 aliphatic rings. The van der Waals surface area contributed by atoms with Crippen LogP contribution in [0.25, 0.3) is 0 Å². The van der Waals surface area contributed by atoms with E-state index in [0.29, 0.717) is 12.1 Å². The second kappa shape index (κ2) is 5.47. The van der Waals surface area contributed by atoms with E-state index >= 15 is 0 Å². The summed E-state index contributed by atoms with van der Waals surface area (Å²) in [6.07, 6.45) is 2.81. The Morgan fingerprint density at radius 1 is 1.35 bits per heavy atom. The zero-order chi connectivity index (χ0) is 14.3. The van der Waals surface area contributed by atoms with Gasteiger partial charge in [-0.2, -0.15) is 5.10 Å². The van der Waals surface area contributed by atoms with Crippen LogP contribution in [0.4, 0.5) is 0 Å². The van der Waals surface area contributed by atoms with Crippen molar-refractivity contribution < 1.29 is 5.11 Å². The van der Waals surface area contributed by atoms with Crippen LogP contribution in [0, 0.1) is 6.92 Å². The maximum Gasteiger partial charge on any atom is 0.0682 e. The van der Waals surface area contributed by atoms with Gasteiger partial charge in [-0.05, 0) is 27.2 Å². The molecule has 0 spiro atoms. The smallest absolute Gasteiger partial charge is 0.0682 e.